The molecule has 0 aliphatic heterocycles. The van der Waals surface area contributed by atoms with E-state index in [4.69, 9.17) is 5.14 Å². The summed E-state index contributed by atoms with van der Waals surface area (Å²) in [4.78, 5) is 14.4. The van der Waals surface area contributed by atoms with Crippen LogP contribution in [0.5, 0.6) is 0 Å². The monoisotopic (exact) mass is 341 g/mol. The molecule has 0 aliphatic carbocycles. The van der Waals surface area contributed by atoms with E-state index in [2.05, 4.69) is 24.1 Å². The Kier molecular flexibility index (Phi) is 8.22. The topological polar surface area (TPSA) is 92.5 Å². The minimum atomic E-state index is -3.72. The third kappa shape index (κ3) is 7.11. The summed E-state index contributed by atoms with van der Waals surface area (Å²) in [6, 6.07) is 5.62. The van der Waals surface area contributed by atoms with Gasteiger partial charge in [-0.25, -0.2) is 13.6 Å². The Hall–Kier alpha value is -1.44. The van der Waals surface area contributed by atoms with Crippen LogP contribution >= 0.6 is 0 Å². The Morgan fingerprint density at radius 2 is 1.74 bits per heavy atom. The zero-order valence-corrected chi connectivity index (χ0v) is 14.7. The fourth-order valence-corrected chi connectivity index (χ4v) is 2.73. The average molecular weight is 341 g/mol. The number of hydrogen-bond donors (Lipinski definition) is 2. The molecule has 1 amide bonds. The molecule has 0 aromatic heterocycles. The first-order chi connectivity index (χ1) is 10.9. The summed E-state index contributed by atoms with van der Waals surface area (Å²) >= 11 is 0. The predicted molar refractivity (Wildman–Crippen MR) is 91.8 cm³/mol. The summed E-state index contributed by atoms with van der Waals surface area (Å²) in [5.41, 5.74) is 0.427. The Morgan fingerprint density at radius 3 is 2.26 bits per heavy atom. The number of sulfonamides is 1. The smallest absolute Gasteiger partial charge is 0.251 e. The molecule has 1 aromatic rings. The van der Waals surface area contributed by atoms with Crippen LogP contribution in [0, 0.1) is 0 Å². The van der Waals surface area contributed by atoms with Crippen molar-refractivity contribution in [1.82, 2.24) is 10.2 Å². The van der Waals surface area contributed by atoms with Gasteiger partial charge in [0.25, 0.3) is 5.91 Å². The van der Waals surface area contributed by atoms with Crippen LogP contribution in [0.2, 0.25) is 0 Å². The van der Waals surface area contributed by atoms with Crippen LogP contribution in [-0.4, -0.2) is 45.4 Å². The molecule has 0 unspecified atom stereocenters. The number of unbranched alkanes of at least 4 members (excludes halogenated alkanes) is 1. The highest BCUT2D eigenvalue weighted by Gasteiger charge is 2.10. The number of benzene rings is 1. The van der Waals surface area contributed by atoms with Crippen LogP contribution in [0.4, 0.5) is 0 Å². The van der Waals surface area contributed by atoms with Gasteiger partial charge in [0, 0.05) is 12.1 Å². The third-order valence-electron chi connectivity index (χ3n) is 3.66. The first-order valence-electron chi connectivity index (χ1n) is 8.02. The maximum Gasteiger partial charge on any atom is 0.251 e. The first kappa shape index (κ1) is 19.6. The predicted octanol–water partition coefficient (Wildman–Crippen LogP) is 1.58. The Labute approximate surface area is 139 Å². The van der Waals surface area contributed by atoms with Crippen LogP contribution in [0.3, 0.4) is 0 Å². The van der Waals surface area contributed by atoms with E-state index >= 15 is 0 Å². The lowest BCUT2D eigenvalue weighted by Crippen LogP contribution is -2.30. The fourth-order valence-electron chi connectivity index (χ4n) is 2.21. The molecule has 3 N–H and O–H groups in total. The number of carbonyl (C=O) groups is 1. The van der Waals surface area contributed by atoms with Crippen LogP contribution < -0.4 is 10.5 Å². The van der Waals surface area contributed by atoms with E-state index in [1.807, 2.05) is 0 Å². The van der Waals surface area contributed by atoms with Gasteiger partial charge in [-0.05, 0) is 56.7 Å². The number of amides is 1. The first-order valence-corrected chi connectivity index (χ1v) is 9.56. The van der Waals surface area contributed by atoms with E-state index in [0.29, 0.717) is 12.1 Å². The summed E-state index contributed by atoms with van der Waals surface area (Å²) in [6.07, 6.45) is 3.26. The quantitative estimate of drug-likeness (QED) is 0.632. The molecule has 0 radical (unpaired) electrons. The Morgan fingerprint density at radius 1 is 1.13 bits per heavy atom. The van der Waals surface area contributed by atoms with Crippen molar-refractivity contribution in [3.63, 3.8) is 0 Å². The van der Waals surface area contributed by atoms with Crippen LogP contribution in [0.1, 0.15) is 43.5 Å². The SMILES string of the molecule is CCCCN(CC)CCCNC(=O)c1ccc(S(N)(=O)=O)cc1. The van der Waals surface area contributed by atoms with Gasteiger partial charge >= 0.3 is 0 Å². The van der Waals surface area contributed by atoms with Gasteiger partial charge in [-0.2, -0.15) is 0 Å². The fraction of sp³-hybridized carbons (Fsp3) is 0.562. The molecule has 0 spiro atoms. The molecule has 0 saturated heterocycles. The van der Waals surface area contributed by atoms with Crippen molar-refractivity contribution in [2.45, 2.75) is 38.0 Å². The molecule has 6 nitrogen and oxygen atoms in total. The average Bonchev–Trinajstić information content (AvgIpc) is 2.53. The second-order valence-corrected chi connectivity index (χ2v) is 7.03. The summed E-state index contributed by atoms with van der Waals surface area (Å²) in [5, 5.41) is 7.87. The second-order valence-electron chi connectivity index (χ2n) is 5.47. The van der Waals surface area contributed by atoms with E-state index in [0.717, 1.165) is 26.1 Å². The molecule has 0 heterocycles. The van der Waals surface area contributed by atoms with E-state index < -0.39 is 10.0 Å². The largest absolute Gasteiger partial charge is 0.352 e. The highest BCUT2D eigenvalue weighted by molar-refractivity contribution is 7.89. The lowest BCUT2D eigenvalue weighted by molar-refractivity contribution is 0.0951. The Balaban J connectivity index is 2.39. The highest BCUT2D eigenvalue weighted by atomic mass is 32.2. The summed E-state index contributed by atoms with van der Waals surface area (Å²) in [7, 11) is -3.72. The van der Waals surface area contributed by atoms with Crippen molar-refractivity contribution < 1.29 is 13.2 Å². The molecule has 0 saturated carbocycles. The van der Waals surface area contributed by atoms with Gasteiger partial charge in [-0.3, -0.25) is 4.79 Å². The summed E-state index contributed by atoms with van der Waals surface area (Å²) in [6.45, 7) is 7.98. The zero-order valence-electron chi connectivity index (χ0n) is 13.9. The maximum atomic E-state index is 12.0. The van der Waals surface area contributed by atoms with Crippen LogP contribution in [-0.2, 0) is 10.0 Å². The molecule has 130 valence electrons. The second kappa shape index (κ2) is 9.64. The lowest BCUT2D eigenvalue weighted by atomic mass is 10.2. The van der Waals surface area contributed by atoms with Gasteiger partial charge in [0.05, 0.1) is 4.90 Å². The van der Waals surface area contributed by atoms with Gasteiger partial charge in [0.15, 0.2) is 0 Å². The molecule has 7 heteroatoms. The summed E-state index contributed by atoms with van der Waals surface area (Å²) < 4.78 is 22.3. The van der Waals surface area contributed by atoms with Gasteiger partial charge < -0.3 is 10.2 Å². The molecular weight excluding hydrogens is 314 g/mol. The lowest BCUT2D eigenvalue weighted by Gasteiger charge is -2.19. The minimum Gasteiger partial charge on any atom is -0.352 e. The number of primary sulfonamides is 1. The zero-order chi connectivity index (χ0) is 17.3. The number of carbonyl (C=O) groups excluding carboxylic acids is 1. The van der Waals surface area contributed by atoms with Crippen molar-refractivity contribution in [2.75, 3.05) is 26.2 Å². The van der Waals surface area contributed by atoms with Crippen molar-refractivity contribution in [3.05, 3.63) is 29.8 Å². The molecule has 1 aromatic carbocycles. The molecular formula is C16H27N3O3S. The van der Waals surface area contributed by atoms with E-state index in [1.54, 1.807) is 0 Å². The minimum absolute atomic E-state index is 0.00330. The Bertz CT molecular complexity index is 585. The van der Waals surface area contributed by atoms with Crippen molar-refractivity contribution in [3.8, 4) is 0 Å². The maximum absolute atomic E-state index is 12.0. The van der Waals surface area contributed by atoms with Crippen LogP contribution in [0.25, 0.3) is 0 Å². The molecule has 1 rings (SSSR count). The molecule has 23 heavy (non-hydrogen) atoms. The van der Waals surface area contributed by atoms with E-state index in [9.17, 15) is 13.2 Å². The number of nitrogens with zero attached hydrogens (tertiary/aromatic N) is 1. The van der Waals surface area contributed by atoms with Crippen molar-refractivity contribution >= 4 is 15.9 Å². The number of nitrogens with two attached hydrogens (primary N) is 1. The molecule has 0 fully saturated rings. The standard InChI is InChI=1S/C16H27N3O3S/c1-3-5-12-19(4-2)13-6-11-18-16(20)14-7-9-15(10-8-14)23(17,21)22/h7-10H,3-6,11-13H2,1-2H3,(H,18,20)(H2,17,21,22). The molecule has 0 aliphatic rings. The number of hydrogen-bond acceptors (Lipinski definition) is 4. The van der Waals surface area contributed by atoms with Crippen LogP contribution in [0.15, 0.2) is 29.2 Å². The van der Waals surface area contributed by atoms with Gasteiger partial charge in [-0.1, -0.05) is 20.3 Å². The molecule has 0 atom stereocenters. The van der Waals surface area contributed by atoms with Gasteiger partial charge in [0.1, 0.15) is 0 Å². The normalized spacial score (nSPS) is 11.7. The third-order valence-corrected chi connectivity index (χ3v) is 4.59. The van der Waals surface area contributed by atoms with E-state index in [1.165, 1.54) is 37.1 Å². The molecule has 0 bridgehead atoms. The number of rotatable bonds is 10. The van der Waals surface area contributed by atoms with E-state index in [-0.39, 0.29) is 10.8 Å². The van der Waals surface area contributed by atoms with Gasteiger partial charge in [-0.15, -0.1) is 0 Å². The van der Waals surface area contributed by atoms with Crippen molar-refractivity contribution in [1.29, 1.82) is 0 Å². The highest BCUT2D eigenvalue weighted by Crippen LogP contribution is 2.08. The van der Waals surface area contributed by atoms with Crippen molar-refractivity contribution in [2.24, 2.45) is 5.14 Å². The summed E-state index contributed by atoms with van der Waals surface area (Å²) in [5.74, 6) is -0.206. The van der Waals surface area contributed by atoms with Gasteiger partial charge in [0.2, 0.25) is 10.0 Å². The number of nitrogens with one attached hydrogen (secondary N) is 1.